The number of H-pyrrole nitrogens is 2. The molecule has 5 N–H and O–H groups in total. The van der Waals surface area contributed by atoms with E-state index in [-0.39, 0.29) is 5.91 Å². The van der Waals surface area contributed by atoms with E-state index in [2.05, 4.69) is 61.2 Å². The van der Waals surface area contributed by atoms with Crippen molar-refractivity contribution in [3.8, 4) is 11.1 Å². The monoisotopic (exact) mass is 584 g/mol. The highest BCUT2D eigenvalue weighted by molar-refractivity contribution is 5.99. The highest BCUT2D eigenvalue weighted by Gasteiger charge is 2.18. The lowest BCUT2D eigenvalue weighted by atomic mass is 10.00. The van der Waals surface area contributed by atoms with Crippen molar-refractivity contribution >= 4 is 58.0 Å². The van der Waals surface area contributed by atoms with E-state index in [1.165, 1.54) is 0 Å². The Labute approximate surface area is 256 Å². The number of nitrogens with zero attached hydrogens (tertiary/aromatic N) is 3. The van der Waals surface area contributed by atoms with Gasteiger partial charge in [0.1, 0.15) is 0 Å². The summed E-state index contributed by atoms with van der Waals surface area (Å²) in [5.74, 6) is -0.0112. The van der Waals surface area contributed by atoms with Crippen molar-refractivity contribution in [2.45, 2.75) is 6.42 Å². The van der Waals surface area contributed by atoms with Crippen LogP contribution in [0.15, 0.2) is 66.7 Å². The minimum atomic E-state index is -0.0112. The standard InChI is InChI=1S/C35H36N8O/c44-34(13-18-43-19-16-36-14-15-37-17-20-43)42-31-4-2-1-3-30(31)35-32-11-9-28(40-32)22-26-7-5-24(38-26)21-25-6-8-27(39-25)23-29-10-12-33(35)41-29/h1-12,21-23,36-39H,13-20H2,(H,42,44). The molecule has 222 valence electrons. The van der Waals surface area contributed by atoms with Crippen molar-refractivity contribution in [3.05, 3.63) is 89.5 Å². The van der Waals surface area contributed by atoms with Crippen molar-refractivity contribution in [2.24, 2.45) is 0 Å². The Kier molecular flexibility index (Phi) is 8.14. The number of para-hydroxylation sites is 1. The summed E-state index contributed by atoms with van der Waals surface area (Å²) in [5, 5.41) is 10.1. The third-order valence-corrected chi connectivity index (χ3v) is 8.03. The van der Waals surface area contributed by atoms with Gasteiger partial charge in [-0.2, -0.15) is 0 Å². The fourth-order valence-corrected chi connectivity index (χ4v) is 5.80. The molecule has 1 amide bonds. The van der Waals surface area contributed by atoms with E-state index in [1.54, 1.807) is 0 Å². The van der Waals surface area contributed by atoms with Gasteiger partial charge in [0.2, 0.25) is 5.91 Å². The number of nitrogens with one attached hydrogen (secondary N) is 5. The quantitative estimate of drug-likeness (QED) is 0.192. The minimum Gasteiger partial charge on any atom is -0.355 e. The molecule has 0 spiro atoms. The van der Waals surface area contributed by atoms with Crippen LogP contribution in [0.25, 0.3) is 57.5 Å². The molecule has 3 aliphatic rings. The van der Waals surface area contributed by atoms with Crippen LogP contribution in [0.2, 0.25) is 0 Å². The molecular formula is C35H36N8O. The van der Waals surface area contributed by atoms with Gasteiger partial charge in [0.15, 0.2) is 0 Å². The Morgan fingerprint density at radius 2 is 1.27 bits per heavy atom. The molecule has 4 aromatic rings. The Morgan fingerprint density at radius 1 is 0.705 bits per heavy atom. The zero-order valence-electron chi connectivity index (χ0n) is 24.6. The maximum absolute atomic E-state index is 13.3. The molecule has 1 fully saturated rings. The molecule has 7 rings (SSSR count). The van der Waals surface area contributed by atoms with E-state index in [1.807, 2.05) is 60.7 Å². The summed E-state index contributed by atoms with van der Waals surface area (Å²) in [7, 11) is 0. The number of hydrogen-bond donors (Lipinski definition) is 5. The molecular weight excluding hydrogens is 548 g/mol. The van der Waals surface area contributed by atoms with Gasteiger partial charge in [-0.05, 0) is 72.8 Å². The van der Waals surface area contributed by atoms with Gasteiger partial charge in [0, 0.05) is 91.1 Å². The first-order chi connectivity index (χ1) is 21.7. The first-order valence-corrected chi connectivity index (χ1v) is 15.3. The van der Waals surface area contributed by atoms with Crippen LogP contribution in [-0.2, 0) is 4.79 Å². The third-order valence-electron chi connectivity index (χ3n) is 8.03. The Balaban J connectivity index is 1.27. The second-order valence-corrected chi connectivity index (χ2v) is 11.2. The average molecular weight is 585 g/mol. The summed E-state index contributed by atoms with van der Waals surface area (Å²) in [6.07, 6.45) is 8.49. The molecule has 44 heavy (non-hydrogen) atoms. The summed E-state index contributed by atoms with van der Waals surface area (Å²) < 4.78 is 0. The molecule has 3 aromatic heterocycles. The van der Waals surface area contributed by atoms with Gasteiger partial charge in [0.25, 0.3) is 0 Å². The maximum Gasteiger partial charge on any atom is 0.225 e. The van der Waals surface area contributed by atoms with E-state index < -0.39 is 0 Å². The van der Waals surface area contributed by atoms with Crippen LogP contribution in [0.4, 0.5) is 5.69 Å². The largest absolute Gasteiger partial charge is 0.355 e. The lowest BCUT2D eigenvalue weighted by Gasteiger charge is -2.21. The van der Waals surface area contributed by atoms with E-state index in [9.17, 15) is 4.79 Å². The normalized spacial score (nSPS) is 15.5. The van der Waals surface area contributed by atoms with Crippen molar-refractivity contribution in [1.29, 1.82) is 0 Å². The number of aromatic nitrogens is 4. The van der Waals surface area contributed by atoms with Gasteiger partial charge in [-0.25, -0.2) is 9.97 Å². The summed E-state index contributed by atoms with van der Waals surface area (Å²) in [5.41, 5.74) is 9.72. The van der Waals surface area contributed by atoms with Gasteiger partial charge < -0.3 is 30.8 Å². The molecule has 0 radical (unpaired) electrons. The molecule has 9 heteroatoms. The van der Waals surface area contributed by atoms with Crippen LogP contribution < -0.4 is 16.0 Å². The number of fused-ring (bicyclic) bond motifs is 8. The zero-order valence-corrected chi connectivity index (χ0v) is 24.6. The molecule has 0 aliphatic carbocycles. The van der Waals surface area contributed by atoms with Gasteiger partial charge in [-0.1, -0.05) is 18.2 Å². The molecule has 6 heterocycles. The first kappa shape index (κ1) is 28.0. The topological polar surface area (TPSA) is 114 Å². The van der Waals surface area contributed by atoms with E-state index in [4.69, 9.17) is 9.97 Å². The molecule has 0 atom stereocenters. The number of rotatable bonds is 5. The van der Waals surface area contributed by atoms with Gasteiger partial charge in [-0.3, -0.25) is 4.79 Å². The molecule has 1 saturated heterocycles. The minimum absolute atomic E-state index is 0.0112. The highest BCUT2D eigenvalue weighted by atomic mass is 16.1. The fourth-order valence-electron chi connectivity index (χ4n) is 5.80. The molecule has 8 bridgehead atoms. The summed E-state index contributed by atoms with van der Waals surface area (Å²) in [6, 6.07) is 22.3. The van der Waals surface area contributed by atoms with Crippen LogP contribution in [0, 0.1) is 0 Å². The van der Waals surface area contributed by atoms with Gasteiger partial charge in [-0.15, -0.1) is 0 Å². The second-order valence-electron chi connectivity index (χ2n) is 11.2. The number of aromatic amines is 2. The fraction of sp³-hybridized carbons (Fsp3) is 0.229. The molecule has 0 unspecified atom stereocenters. The molecule has 1 aromatic carbocycles. The zero-order chi connectivity index (χ0) is 29.7. The lowest BCUT2D eigenvalue weighted by molar-refractivity contribution is -0.116. The predicted molar refractivity (Wildman–Crippen MR) is 180 cm³/mol. The van der Waals surface area contributed by atoms with E-state index >= 15 is 0 Å². The Morgan fingerprint density at radius 3 is 1.89 bits per heavy atom. The van der Waals surface area contributed by atoms with Crippen molar-refractivity contribution in [3.63, 3.8) is 0 Å². The molecule has 3 aliphatic heterocycles. The number of carbonyl (C=O) groups excluding carboxylic acids is 1. The Hall–Kier alpha value is -4.83. The number of carbonyl (C=O) groups is 1. The van der Waals surface area contributed by atoms with Gasteiger partial charge >= 0.3 is 0 Å². The van der Waals surface area contributed by atoms with Crippen LogP contribution in [0.1, 0.15) is 29.2 Å². The first-order valence-electron chi connectivity index (χ1n) is 15.3. The second kappa shape index (κ2) is 12.8. The smallest absolute Gasteiger partial charge is 0.225 e. The van der Waals surface area contributed by atoms with E-state index in [0.717, 1.165) is 101 Å². The number of hydrogen-bond acceptors (Lipinski definition) is 6. The van der Waals surface area contributed by atoms with Crippen LogP contribution >= 0.6 is 0 Å². The maximum atomic E-state index is 13.3. The van der Waals surface area contributed by atoms with Crippen molar-refractivity contribution < 1.29 is 4.79 Å². The predicted octanol–water partition coefficient (Wildman–Crippen LogP) is 5.15. The van der Waals surface area contributed by atoms with E-state index in [0.29, 0.717) is 13.0 Å². The number of amides is 1. The number of anilines is 1. The van der Waals surface area contributed by atoms with Gasteiger partial charge in [0.05, 0.1) is 22.8 Å². The summed E-state index contributed by atoms with van der Waals surface area (Å²) >= 11 is 0. The average Bonchev–Trinajstić information content (AvgIpc) is 3.84. The number of benzene rings is 1. The third kappa shape index (κ3) is 6.55. The van der Waals surface area contributed by atoms with Crippen LogP contribution in [0.3, 0.4) is 0 Å². The lowest BCUT2D eigenvalue weighted by Crippen LogP contribution is -2.36. The van der Waals surface area contributed by atoms with Crippen LogP contribution in [-0.4, -0.2) is 76.6 Å². The molecule has 9 nitrogen and oxygen atoms in total. The SMILES string of the molecule is O=C(CCN1CCNCCNCC1)Nc1ccccc1-c1c2nc(cc3ccc(cc4ccc(cc5nc1C=C5)[nH]4)[nH]3)C=C2. The van der Waals surface area contributed by atoms with Crippen molar-refractivity contribution in [2.75, 3.05) is 51.1 Å². The molecule has 0 saturated carbocycles. The van der Waals surface area contributed by atoms with Crippen molar-refractivity contribution in [1.82, 2.24) is 35.5 Å². The Bertz CT molecular complexity index is 1800. The summed E-state index contributed by atoms with van der Waals surface area (Å²) in [6.45, 7) is 6.36. The highest BCUT2D eigenvalue weighted by Crippen LogP contribution is 2.35. The summed E-state index contributed by atoms with van der Waals surface area (Å²) in [4.78, 5) is 32.6. The van der Waals surface area contributed by atoms with Crippen LogP contribution in [0.5, 0.6) is 0 Å².